The molecule has 1 fully saturated rings. The number of hydrogen-bond donors (Lipinski definition) is 2. The molecule has 9 heteroatoms. The van der Waals surface area contributed by atoms with Gasteiger partial charge in [0, 0.05) is 12.8 Å². The minimum Gasteiger partial charge on any atom is -0.316 e. The summed E-state index contributed by atoms with van der Waals surface area (Å²) < 4.78 is 49.6. The molecule has 0 radical (unpaired) electrons. The van der Waals surface area contributed by atoms with Crippen LogP contribution in [0, 0.1) is 5.92 Å². The highest BCUT2D eigenvalue weighted by atomic mass is 35.5. The number of rotatable bonds is 5. The van der Waals surface area contributed by atoms with Crippen LogP contribution in [0.3, 0.4) is 0 Å². The summed E-state index contributed by atoms with van der Waals surface area (Å²) in [6.45, 7) is 2.19. The zero-order valence-corrected chi connectivity index (χ0v) is 14.7. The minimum atomic E-state index is -3.59. The van der Waals surface area contributed by atoms with Crippen molar-refractivity contribution in [3.05, 3.63) is 24.3 Å². The van der Waals surface area contributed by atoms with E-state index in [0.29, 0.717) is 12.5 Å². The molecule has 0 aromatic heterocycles. The molecule has 1 unspecified atom stereocenters. The van der Waals surface area contributed by atoms with Crippen LogP contribution in [0.1, 0.15) is 12.8 Å². The fraction of sp³-hybridized carbons (Fsp3) is 0.538. The Morgan fingerprint density at radius 2 is 1.73 bits per heavy atom. The Bertz CT molecular complexity index is 681. The summed E-state index contributed by atoms with van der Waals surface area (Å²) >= 11 is 0. The van der Waals surface area contributed by atoms with Crippen LogP contribution in [0.4, 0.5) is 0 Å². The fourth-order valence-electron chi connectivity index (χ4n) is 2.28. The van der Waals surface area contributed by atoms with Crippen LogP contribution in [0.15, 0.2) is 34.1 Å². The molecule has 2 N–H and O–H groups in total. The van der Waals surface area contributed by atoms with Crippen molar-refractivity contribution in [3.8, 4) is 0 Å². The summed E-state index contributed by atoms with van der Waals surface area (Å²) in [5, 5.41) is 3.23. The van der Waals surface area contributed by atoms with E-state index in [1.54, 1.807) is 0 Å². The minimum absolute atomic E-state index is 0. The molecule has 1 atom stereocenters. The molecule has 0 saturated carbocycles. The molecule has 1 aromatic carbocycles. The van der Waals surface area contributed by atoms with Crippen molar-refractivity contribution in [2.24, 2.45) is 5.92 Å². The monoisotopic (exact) mass is 368 g/mol. The SMILES string of the molecule is CS(=O)(=O)c1ccc(S(=O)(=O)NCC2CCCNC2)cc1.Cl. The first-order valence-corrected chi connectivity index (χ1v) is 10.2. The van der Waals surface area contributed by atoms with Crippen LogP contribution in [0.25, 0.3) is 0 Å². The Morgan fingerprint density at radius 3 is 2.23 bits per heavy atom. The van der Waals surface area contributed by atoms with E-state index in [1.807, 2.05) is 0 Å². The van der Waals surface area contributed by atoms with Crippen LogP contribution < -0.4 is 10.0 Å². The molecule has 0 bridgehead atoms. The smallest absolute Gasteiger partial charge is 0.240 e. The topological polar surface area (TPSA) is 92.3 Å². The summed E-state index contributed by atoms with van der Waals surface area (Å²) in [6.07, 6.45) is 3.14. The molecular weight excluding hydrogens is 348 g/mol. The predicted octanol–water partition coefficient (Wildman–Crippen LogP) is 0.790. The van der Waals surface area contributed by atoms with Crippen molar-refractivity contribution in [3.63, 3.8) is 0 Å². The molecule has 1 aromatic rings. The molecule has 0 spiro atoms. The molecule has 22 heavy (non-hydrogen) atoms. The van der Waals surface area contributed by atoms with Crippen molar-refractivity contribution in [2.45, 2.75) is 22.6 Å². The number of halogens is 1. The standard InChI is InChI=1S/C13H20N2O4S2.ClH/c1-20(16,17)12-4-6-13(7-5-12)21(18,19)15-10-11-3-2-8-14-9-11;/h4-7,11,14-15H,2-3,8-10H2,1H3;1H. The van der Waals surface area contributed by atoms with Crippen LogP contribution in [-0.2, 0) is 19.9 Å². The lowest BCUT2D eigenvalue weighted by atomic mass is 10.0. The van der Waals surface area contributed by atoms with E-state index in [-0.39, 0.29) is 22.2 Å². The average Bonchev–Trinajstić information content (AvgIpc) is 2.46. The molecule has 0 aliphatic carbocycles. The van der Waals surface area contributed by atoms with Gasteiger partial charge in [-0.2, -0.15) is 0 Å². The predicted molar refractivity (Wildman–Crippen MR) is 87.6 cm³/mol. The lowest BCUT2D eigenvalue weighted by Crippen LogP contribution is -2.38. The van der Waals surface area contributed by atoms with Gasteiger partial charge in [0.15, 0.2) is 9.84 Å². The van der Waals surface area contributed by atoms with E-state index in [9.17, 15) is 16.8 Å². The Kier molecular flexibility index (Phi) is 6.82. The number of sulfonamides is 1. The van der Waals surface area contributed by atoms with E-state index in [0.717, 1.165) is 32.2 Å². The first kappa shape index (κ1) is 19.4. The molecule has 0 amide bonds. The lowest BCUT2D eigenvalue weighted by Gasteiger charge is -2.22. The summed E-state index contributed by atoms with van der Waals surface area (Å²) in [6, 6.07) is 5.26. The zero-order valence-electron chi connectivity index (χ0n) is 12.3. The van der Waals surface area contributed by atoms with E-state index < -0.39 is 19.9 Å². The maximum atomic E-state index is 12.2. The summed E-state index contributed by atoms with van der Waals surface area (Å²) in [4.78, 5) is 0.191. The first-order chi connectivity index (χ1) is 9.79. The van der Waals surface area contributed by atoms with Crippen LogP contribution in [0.2, 0.25) is 0 Å². The Balaban J connectivity index is 0.00000242. The second kappa shape index (κ2) is 7.74. The van der Waals surface area contributed by atoms with Gasteiger partial charge in [-0.05, 0) is 56.1 Å². The molecule has 1 aliphatic rings. The fourth-order valence-corrected chi connectivity index (χ4v) is 4.02. The number of piperidine rings is 1. The number of sulfone groups is 1. The van der Waals surface area contributed by atoms with Crippen molar-refractivity contribution in [2.75, 3.05) is 25.9 Å². The van der Waals surface area contributed by atoms with Crippen LogP contribution in [-0.4, -0.2) is 42.7 Å². The summed E-state index contributed by atoms with van der Waals surface area (Å²) in [5.41, 5.74) is 0. The maximum absolute atomic E-state index is 12.2. The number of benzene rings is 1. The lowest BCUT2D eigenvalue weighted by molar-refractivity contribution is 0.376. The van der Waals surface area contributed by atoms with Crippen molar-refractivity contribution < 1.29 is 16.8 Å². The van der Waals surface area contributed by atoms with Gasteiger partial charge in [0.2, 0.25) is 10.0 Å². The Morgan fingerprint density at radius 1 is 1.14 bits per heavy atom. The summed E-state index contributed by atoms with van der Waals surface area (Å²) in [7, 11) is -6.91. The molecule has 126 valence electrons. The normalized spacial score (nSPS) is 19.4. The summed E-state index contributed by atoms with van der Waals surface area (Å²) in [5.74, 6) is 0.295. The highest BCUT2D eigenvalue weighted by Crippen LogP contribution is 2.15. The van der Waals surface area contributed by atoms with Gasteiger partial charge in [0.05, 0.1) is 9.79 Å². The number of nitrogens with one attached hydrogen (secondary N) is 2. The number of hydrogen-bond acceptors (Lipinski definition) is 5. The quantitative estimate of drug-likeness (QED) is 0.801. The molecule has 2 rings (SSSR count). The average molecular weight is 369 g/mol. The Hall–Kier alpha value is -0.670. The first-order valence-electron chi connectivity index (χ1n) is 6.79. The second-order valence-corrected chi connectivity index (χ2v) is 9.09. The van der Waals surface area contributed by atoms with Gasteiger partial charge >= 0.3 is 0 Å². The van der Waals surface area contributed by atoms with Gasteiger partial charge < -0.3 is 5.32 Å². The zero-order chi connectivity index (χ0) is 15.5. The van der Waals surface area contributed by atoms with Gasteiger partial charge in [-0.3, -0.25) is 0 Å². The molecule has 1 saturated heterocycles. The van der Waals surface area contributed by atoms with Crippen LogP contribution >= 0.6 is 12.4 Å². The van der Waals surface area contributed by atoms with E-state index in [1.165, 1.54) is 24.3 Å². The molecule has 6 nitrogen and oxygen atoms in total. The van der Waals surface area contributed by atoms with Gasteiger partial charge in [0.1, 0.15) is 0 Å². The third kappa shape index (κ3) is 5.20. The molecular formula is C13H21ClN2O4S2. The third-order valence-corrected chi connectivity index (χ3v) is 6.09. The van der Waals surface area contributed by atoms with E-state index in [4.69, 9.17) is 0 Å². The highest BCUT2D eigenvalue weighted by molar-refractivity contribution is 7.90. The molecule has 1 aliphatic heterocycles. The van der Waals surface area contributed by atoms with Gasteiger partial charge in [-0.1, -0.05) is 0 Å². The molecule has 1 heterocycles. The second-order valence-electron chi connectivity index (χ2n) is 5.31. The third-order valence-electron chi connectivity index (χ3n) is 3.52. The van der Waals surface area contributed by atoms with Crippen molar-refractivity contribution >= 4 is 32.3 Å². The van der Waals surface area contributed by atoms with Gasteiger partial charge in [0.25, 0.3) is 0 Å². The largest absolute Gasteiger partial charge is 0.316 e. The van der Waals surface area contributed by atoms with Crippen molar-refractivity contribution in [1.29, 1.82) is 0 Å². The van der Waals surface area contributed by atoms with Crippen molar-refractivity contribution in [1.82, 2.24) is 10.0 Å². The maximum Gasteiger partial charge on any atom is 0.240 e. The Labute approximate surface area is 138 Å². The van der Waals surface area contributed by atoms with Gasteiger partial charge in [-0.25, -0.2) is 21.6 Å². The van der Waals surface area contributed by atoms with Gasteiger partial charge in [-0.15, -0.1) is 12.4 Å². The van der Waals surface area contributed by atoms with Crippen LogP contribution in [0.5, 0.6) is 0 Å². The van der Waals surface area contributed by atoms with E-state index >= 15 is 0 Å². The highest BCUT2D eigenvalue weighted by Gasteiger charge is 2.19. The van der Waals surface area contributed by atoms with E-state index in [2.05, 4.69) is 10.0 Å².